The van der Waals surface area contributed by atoms with Crippen molar-refractivity contribution in [3.05, 3.63) is 54.1 Å². The van der Waals surface area contributed by atoms with E-state index in [2.05, 4.69) is 0 Å². The topological polar surface area (TPSA) is 94.5 Å². The number of carbonyl (C=O) groups is 1. The Bertz CT molecular complexity index is 715. The average Bonchev–Trinajstić information content (AvgIpc) is 2.61. The molecule has 2 rings (SSSR count). The molecule has 0 bridgehead atoms. The maximum Gasteiger partial charge on any atom is 0.358 e. The molecule has 0 aromatic heterocycles. The number of hydrogen-bond acceptors (Lipinski definition) is 6. The lowest BCUT2D eigenvalue weighted by atomic mass is 10.2. The number of aliphatic hydroxyl groups is 1. The van der Waals surface area contributed by atoms with Crippen molar-refractivity contribution in [2.75, 3.05) is 14.2 Å². The minimum absolute atomic E-state index is 0.209. The number of carboxylic acid groups (broad SMARTS) is 1. The van der Waals surface area contributed by atoms with Crippen molar-refractivity contribution in [1.29, 1.82) is 0 Å². The van der Waals surface area contributed by atoms with Crippen molar-refractivity contribution in [3.63, 3.8) is 0 Å². The third-order valence-corrected chi connectivity index (χ3v) is 3.14. The quantitative estimate of drug-likeness (QED) is 0.560. The van der Waals surface area contributed by atoms with E-state index in [0.717, 1.165) is 6.08 Å². The lowest BCUT2D eigenvalue weighted by molar-refractivity contribution is -0.161. The zero-order chi connectivity index (χ0) is 18.2. The fourth-order valence-electron chi connectivity index (χ4n) is 2.00. The Labute approximate surface area is 144 Å². The molecule has 0 amide bonds. The number of benzene rings is 2. The van der Waals surface area contributed by atoms with Gasteiger partial charge in [-0.25, -0.2) is 4.79 Å². The zero-order valence-electron chi connectivity index (χ0n) is 13.7. The number of aliphatic carboxylic acids is 1. The second kappa shape index (κ2) is 8.60. The number of ether oxygens (including phenoxy) is 4. The van der Waals surface area contributed by atoms with Crippen LogP contribution in [-0.2, 0) is 4.79 Å². The van der Waals surface area contributed by atoms with Crippen LogP contribution in [0, 0.1) is 0 Å². The number of methoxy groups -OCH3 is 2. The van der Waals surface area contributed by atoms with Gasteiger partial charge in [0.15, 0.2) is 11.5 Å². The van der Waals surface area contributed by atoms with Crippen LogP contribution in [0.15, 0.2) is 48.5 Å². The second-order valence-electron chi connectivity index (χ2n) is 4.78. The highest BCUT2D eigenvalue weighted by molar-refractivity contribution is 5.85. The first kappa shape index (κ1) is 18.2. The number of rotatable bonds is 8. The highest BCUT2D eigenvalue weighted by Gasteiger charge is 2.16. The summed E-state index contributed by atoms with van der Waals surface area (Å²) in [6.45, 7) is -1.59. The predicted molar refractivity (Wildman–Crippen MR) is 89.9 cm³/mol. The molecule has 0 aliphatic carbocycles. The summed E-state index contributed by atoms with van der Waals surface area (Å²) >= 11 is 0. The first-order chi connectivity index (χ1) is 12.0. The van der Waals surface area contributed by atoms with Crippen LogP contribution < -0.4 is 18.9 Å². The Balaban J connectivity index is 2.05. The summed E-state index contributed by atoms with van der Waals surface area (Å²) in [5.74, 6) is 0.289. The Morgan fingerprint density at radius 2 is 1.60 bits per heavy atom. The summed E-state index contributed by atoms with van der Waals surface area (Å²) in [5, 5.41) is 18.6. The number of aliphatic hydroxyl groups excluding tert-OH is 1. The Kier molecular flexibility index (Phi) is 6.25. The molecule has 132 valence electrons. The van der Waals surface area contributed by atoms with Gasteiger partial charge in [0.1, 0.15) is 5.75 Å². The average molecular weight is 346 g/mol. The van der Waals surface area contributed by atoms with E-state index < -0.39 is 12.4 Å². The molecule has 25 heavy (non-hydrogen) atoms. The molecule has 0 spiro atoms. The molecule has 1 atom stereocenters. The van der Waals surface area contributed by atoms with Crippen LogP contribution in [0.4, 0.5) is 0 Å². The molecular formula is C18H18O7. The molecule has 0 saturated heterocycles. The van der Waals surface area contributed by atoms with Gasteiger partial charge in [-0.3, -0.25) is 0 Å². The van der Waals surface area contributed by atoms with Crippen LogP contribution in [0.3, 0.4) is 0 Å². The van der Waals surface area contributed by atoms with Crippen LogP contribution in [0.2, 0.25) is 0 Å². The van der Waals surface area contributed by atoms with E-state index in [4.69, 9.17) is 24.1 Å². The van der Waals surface area contributed by atoms with Gasteiger partial charge in [-0.2, -0.15) is 0 Å². The van der Waals surface area contributed by atoms with Gasteiger partial charge in [-0.05, 0) is 35.9 Å². The molecule has 2 aromatic carbocycles. The van der Waals surface area contributed by atoms with Gasteiger partial charge in [0, 0.05) is 6.08 Å². The van der Waals surface area contributed by atoms with Crippen LogP contribution in [0.5, 0.6) is 23.0 Å². The summed E-state index contributed by atoms with van der Waals surface area (Å²) < 4.78 is 21.0. The maximum absolute atomic E-state index is 10.5. The molecule has 0 fully saturated rings. The van der Waals surface area contributed by atoms with E-state index in [1.165, 1.54) is 20.3 Å². The Morgan fingerprint density at radius 1 is 1.00 bits per heavy atom. The van der Waals surface area contributed by atoms with E-state index in [0.29, 0.717) is 22.8 Å². The van der Waals surface area contributed by atoms with Crippen molar-refractivity contribution in [1.82, 2.24) is 0 Å². The van der Waals surface area contributed by atoms with E-state index in [1.54, 1.807) is 42.5 Å². The zero-order valence-corrected chi connectivity index (χ0v) is 13.7. The minimum atomic E-state index is -1.59. The van der Waals surface area contributed by atoms with Gasteiger partial charge in [0.05, 0.1) is 14.2 Å². The van der Waals surface area contributed by atoms with Gasteiger partial charge in [-0.15, -0.1) is 0 Å². The lowest BCUT2D eigenvalue weighted by Gasteiger charge is -2.18. The monoisotopic (exact) mass is 346 g/mol. The molecule has 7 nitrogen and oxygen atoms in total. The van der Waals surface area contributed by atoms with Crippen LogP contribution in [0.1, 0.15) is 5.56 Å². The smallest absolute Gasteiger partial charge is 0.358 e. The first-order valence-corrected chi connectivity index (χ1v) is 7.27. The number of hydrogen-bond donors (Lipinski definition) is 2. The van der Waals surface area contributed by atoms with Gasteiger partial charge in [0.25, 0.3) is 0 Å². The number of para-hydroxylation sites is 1. The summed E-state index contributed by atoms with van der Waals surface area (Å²) in [6.07, 6.45) is 2.47. The maximum atomic E-state index is 10.5. The van der Waals surface area contributed by atoms with Crippen molar-refractivity contribution >= 4 is 12.0 Å². The Morgan fingerprint density at radius 3 is 2.12 bits per heavy atom. The van der Waals surface area contributed by atoms with Gasteiger partial charge in [-0.1, -0.05) is 18.2 Å². The molecular weight excluding hydrogens is 328 g/mol. The molecule has 1 unspecified atom stereocenters. The van der Waals surface area contributed by atoms with Crippen LogP contribution in [0.25, 0.3) is 6.08 Å². The normalized spacial score (nSPS) is 11.8. The third-order valence-electron chi connectivity index (χ3n) is 3.14. The molecule has 2 N–H and O–H groups in total. The number of carboxylic acids is 1. The van der Waals surface area contributed by atoms with Crippen molar-refractivity contribution in [2.45, 2.75) is 6.48 Å². The van der Waals surface area contributed by atoms with Gasteiger partial charge >= 0.3 is 12.4 Å². The molecule has 2 aromatic rings. The predicted octanol–water partition coefficient (Wildman–Crippen LogP) is 2.54. The molecule has 0 radical (unpaired) electrons. The van der Waals surface area contributed by atoms with Crippen LogP contribution >= 0.6 is 0 Å². The molecule has 0 aliphatic rings. The lowest BCUT2D eigenvalue weighted by Crippen LogP contribution is -2.23. The summed E-state index contributed by atoms with van der Waals surface area (Å²) in [6, 6.07) is 11.5. The Hall–Kier alpha value is -3.19. The van der Waals surface area contributed by atoms with Gasteiger partial charge < -0.3 is 29.2 Å². The van der Waals surface area contributed by atoms with E-state index >= 15 is 0 Å². The fraction of sp³-hybridized carbons (Fsp3) is 0.167. The van der Waals surface area contributed by atoms with E-state index in [9.17, 15) is 9.90 Å². The fourth-order valence-corrected chi connectivity index (χ4v) is 2.00. The van der Waals surface area contributed by atoms with Gasteiger partial charge in [0.2, 0.25) is 5.75 Å². The van der Waals surface area contributed by atoms with E-state index in [-0.39, 0.29) is 5.75 Å². The summed E-state index contributed by atoms with van der Waals surface area (Å²) in [5.41, 5.74) is 0.677. The van der Waals surface area contributed by atoms with E-state index in [1.807, 2.05) is 0 Å². The largest absolute Gasteiger partial charge is 0.493 e. The summed E-state index contributed by atoms with van der Waals surface area (Å²) in [4.78, 5) is 10.5. The van der Waals surface area contributed by atoms with Crippen molar-refractivity contribution < 1.29 is 34.0 Å². The molecule has 7 heteroatoms. The second-order valence-corrected chi connectivity index (χ2v) is 4.78. The molecule has 0 aliphatic heterocycles. The minimum Gasteiger partial charge on any atom is -0.493 e. The highest BCUT2D eigenvalue weighted by atomic mass is 16.8. The SMILES string of the molecule is COc1cccc(OC)c1OC(O)Oc1ccc(/C=C/C(=O)O)cc1. The van der Waals surface area contributed by atoms with Crippen LogP contribution in [-0.4, -0.2) is 36.9 Å². The molecule has 0 saturated carbocycles. The standard InChI is InChI=1S/C18H18O7/c1-22-14-4-3-5-15(23-2)17(14)25-18(21)24-13-9-6-12(7-10-13)8-11-16(19)20/h3-11,18,21H,1-2H3,(H,19,20)/b11-8+. The van der Waals surface area contributed by atoms with Crippen molar-refractivity contribution in [2.24, 2.45) is 0 Å². The molecule has 0 heterocycles. The first-order valence-electron chi connectivity index (χ1n) is 7.27. The third kappa shape index (κ3) is 5.15. The summed E-state index contributed by atoms with van der Waals surface area (Å²) in [7, 11) is 2.94. The van der Waals surface area contributed by atoms with Crippen molar-refractivity contribution in [3.8, 4) is 23.0 Å². The highest BCUT2D eigenvalue weighted by Crippen LogP contribution is 2.37.